The molecule has 0 aliphatic rings. The summed E-state index contributed by atoms with van der Waals surface area (Å²) in [4.78, 5) is 5.51. The number of pyridine rings is 1. The molecule has 31 heavy (non-hydrogen) atoms. The van der Waals surface area contributed by atoms with Crippen molar-refractivity contribution in [3.05, 3.63) is 103 Å². The standard InChI is InChI=1S/C24H16FN5O/c25-18-14-17(21-10-4-5-12-23(21)31-20-8-2-1-3-9-20)15-19(16-18)30-28-24(27-29-30)22-11-6-7-13-26-22/h1-16H. The number of hydrogen-bond donors (Lipinski definition) is 0. The molecule has 7 heteroatoms. The number of nitrogens with zero attached hydrogens (tertiary/aromatic N) is 5. The van der Waals surface area contributed by atoms with Crippen LogP contribution in [-0.4, -0.2) is 25.2 Å². The third kappa shape index (κ3) is 4.02. The summed E-state index contributed by atoms with van der Waals surface area (Å²) in [5, 5.41) is 12.5. The number of rotatable bonds is 5. The molecule has 0 atom stereocenters. The fourth-order valence-corrected chi connectivity index (χ4v) is 3.18. The van der Waals surface area contributed by atoms with Crippen molar-refractivity contribution in [1.29, 1.82) is 0 Å². The maximum absolute atomic E-state index is 14.5. The lowest BCUT2D eigenvalue weighted by atomic mass is 10.0. The van der Waals surface area contributed by atoms with Crippen molar-refractivity contribution in [3.63, 3.8) is 0 Å². The highest BCUT2D eigenvalue weighted by atomic mass is 19.1. The molecule has 3 aromatic carbocycles. The normalized spacial score (nSPS) is 10.7. The Hall–Kier alpha value is -4.39. The van der Waals surface area contributed by atoms with Crippen LogP contribution in [0.25, 0.3) is 28.3 Å². The van der Waals surface area contributed by atoms with Gasteiger partial charge in [0.05, 0.1) is 5.69 Å². The Morgan fingerprint density at radius 2 is 1.61 bits per heavy atom. The van der Waals surface area contributed by atoms with Gasteiger partial charge in [0, 0.05) is 17.8 Å². The zero-order chi connectivity index (χ0) is 21.0. The van der Waals surface area contributed by atoms with Gasteiger partial charge in [0.2, 0.25) is 5.82 Å². The van der Waals surface area contributed by atoms with Gasteiger partial charge in [-0.3, -0.25) is 4.98 Å². The molecule has 5 aromatic rings. The second-order valence-corrected chi connectivity index (χ2v) is 6.73. The first-order valence-corrected chi connectivity index (χ1v) is 9.61. The first-order valence-electron chi connectivity index (χ1n) is 9.61. The summed E-state index contributed by atoms with van der Waals surface area (Å²) in [6.07, 6.45) is 1.65. The van der Waals surface area contributed by atoms with E-state index in [1.807, 2.05) is 66.7 Å². The Balaban J connectivity index is 1.53. The van der Waals surface area contributed by atoms with Crippen LogP contribution < -0.4 is 4.74 Å². The molecule has 6 nitrogen and oxygen atoms in total. The number of para-hydroxylation sites is 2. The highest BCUT2D eigenvalue weighted by Crippen LogP contribution is 2.34. The second kappa shape index (κ2) is 8.16. The molecule has 0 bridgehead atoms. The van der Waals surface area contributed by atoms with Gasteiger partial charge in [0.15, 0.2) is 0 Å². The van der Waals surface area contributed by atoms with Crippen molar-refractivity contribution in [2.75, 3.05) is 0 Å². The minimum atomic E-state index is -0.418. The monoisotopic (exact) mass is 409 g/mol. The molecule has 0 unspecified atom stereocenters. The van der Waals surface area contributed by atoms with Crippen LogP contribution >= 0.6 is 0 Å². The van der Waals surface area contributed by atoms with Gasteiger partial charge in [0.25, 0.3) is 0 Å². The summed E-state index contributed by atoms with van der Waals surface area (Å²) in [6.45, 7) is 0. The number of benzene rings is 3. The van der Waals surface area contributed by atoms with E-state index in [1.54, 1.807) is 18.3 Å². The molecule has 0 saturated heterocycles. The molecule has 0 fully saturated rings. The summed E-state index contributed by atoms with van der Waals surface area (Å²) >= 11 is 0. The van der Waals surface area contributed by atoms with Gasteiger partial charge in [0.1, 0.15) is 23.0 Å². The molecule has 0 amide bonds. The Kier molecular flexibility index (Phi) is 4.90. The van der Waals surface area contributed by atoms with Crippen molar-refractivity contribution < 1.29 is 9.13 Å². The molecular formula is C24H16FN5O. The minimum absolute atomic E-state index is 0.360. The fourth-order valence-electron chi connectivity index (χ4n) is 3.18. The van der Waals surface area contributed by atoms with Gasteiger partial charge in [-0.05, 0) is 53.2 Å². The van der Waals surface area contributed by atoms with Crippen LogP contribution in [0.15, 0.2) is 97.2 Å². The van der Waals surface area contributed by atoms with Crippen LogP contribution in [0.5, 0.6) is 11.5 Å². The van der Waals surface area contributed by atoms with Crippen molar-refractivity contribution in [1.82, 2.24) is 25.2 Å². The molecule has 0 aliphatic heterocycles. The molecule has 0 spiro atoms. The maximum Gasteiger partial charge on any atom is 0.223 e. The summed E-state index contributed by atoms with van der Waals surface area (Å²) in [5.74, 6) is 1.26. The van der Waals surface area contributed by atoms with Gasteiger partial charge < -0.3 is 4.74 Å². The van der Waals surface area contributed by atoms with E-state index in [9.17, 15) is 4.39 Å². The van der Waals surface area contributed by atoms with Crippen molar-refractivity contribution in [3.8, 4) is 39.8 Å². The van der Waals surface area contributed by atoms with Crippen LogP contribution in [0.1, 0.15) is 0 Å². The molecule has 2 heterocycles. The highest BCUT2D eigenvalue weighted by Gasteiger charge is 2.13. The fraction of sp³-hybridized carbons (Fsp3) is 0. The van der Waals surface area contributed by atoms with Gasteiger partial charge in [-0.1, -0.05) is 42.5 Å². The van der Waals surface area contributed by atoms with Crippen molar-refractivity contribution in [2.24, 2.45) is 0 Å². The lowest BCUT2D eigenvalue weighted by Gasteiger charge is -2.12. The molecule has 5 rings (SSSR count). The largest absolute Gasteiger partial charge is 0.457 e. The van der Waals surface area contributed by atoms with Gasteiger partial charge in [-0.2, -0.15) is 0 Å². The van der Waals surface area contributed by atoms with E-state index in [2.05, 4.69) is 20.4 Å². The average molecular weight is 409 g/mol. The van der Waals surface area contributed by atoms with Crippen LogP contribution in [0, 0.1) is 5.82 Å². The van der Waals surface area contributed by atoms with E-state index in [-0.39, 0.29) is 0 Å². The molecule has 2 aromatic heterocycles. The predicted molar refractivity (Wildman–Crippen MR) is 114 cm³/mol. The number of ether oxygens (including phenoxy) is 1. The van der Waals surface area contributed by atoms with Crippen LogP contribution in [0.2, 0.25) is 0 Å². The molecule has 0 radical (unpaired) electrons. The lowest BCUT2D eigenvalue weighted by molar-refractivity contribution is 0.484. The van der Waals surface area contributed by atoms with Crippen molar-refractivity contribution >= 4 is 0 Å². The second-order valence-electron chi connectivity index (χ2n) is 6.73. The number of aromatic nitrogens is 5. The molecule has 0 saturated carbocycles. The summed E-state index contributed by atoms with van der Waals surface area (Å²) in [7, 11) is 0. The average Bonchev–Trinajstić information content (AvgIpc) is 3.31. The summed E-state index contributed by atoms with van der Waals surface area (Å²) in [6, 6.07) is 27.0. The molecule has 150 valence electrons. The van der Waals surface area contributed by atoms with Gasteiger partial charge in [-0.15, -0.1) is 15.0 Å². The smallest absolute Gasteiger partial charge is 0.223 e. The van der Waals surface area contributed by atoms with Crippen LogP contribution in [0.3, 0.4) is 0 Å². The number of hydrogen-bond acceptors (Lipinski definition) is 5. The zero-order valence-corrected chi connectivity index (χ0v) is 16.3. The molecular weight excluding hydrogens is 393 g/mol. The van der Waals surface area contributed by atoms with Crippen molar-refractivity contribution in [2.45, 2.75) is 0 Å². The SMILES string of the molecule is Fc1cc(-c2ccccc2Oc2ccccc2)cc(-n2nnc(-c3ccccn3)n2)c1. The Morgan fingerprint density at radius 1 is 0.806 bits per heavy atom. The van der Waals surface area contributed by atoms with E-state index in [0.717, 1.165) is 5.56 Å². The van der Waals surface area contributed by atoms with E-state index in [4.69, 9.17) is 4.74 Å². The minimum Gasteiger partial charge on any atom is -0.457 e. The Labute approximate surface area is 177 Å². The van der Waals surface area contributed by atoms with E-state index in [0.29, 0.717) is 34.3 Å². The highest BCUT2D eigenvalue weighted by molar-refractivity contribution is 5.72. The first kappa shape index (κ1) is 18.6. The topological polar surface area (TPSA) is 65.7 Å². The predicted octanol–water partition coefficient (Wildman–Crippen LogP) is 5.32. The summed E-state index contributed by atoms with van der Waals surface area (Å²) < 4.78 is 20.6. The third-order valence-electron chi connectivity index (χ3n) is 4.59. The van der Waals surface area contributed by atoms with E-state index < -0.39 is 5.82 Å². The Morgan fingerprint density at radius 3 is 2.45 bits per heavy atom. The van der Waals surface area contributed by atoms with E-state index >= 15 is 0 Å². The first-order chi connectivity index (χ1) is 15.3. The zero-order valence-electron chi connectivity index (χ0n) is 16.3. The number of tetrazole rings is 1. The maximum atomic E-state index is 14.5. The van der Waals surface area contributed by atoms with Crippen LogP contribution in [-0.2, 0) is 0 Å². The van der Waals surface area contributed by atoms with Gasteiger partial charge >= 0.3 is 0 Å². The molecule has 0 aliphatic carbocycles. The number of halogens is 1. The van der Waals surface area contributed by atoms with Crippen LogP contribution in [0.4, 0.5) is 4.39 Å². The van der Waals surface area contributed by atoms with E-state index in [1.165, 1.54) is 16.9 Å². The third-order valence-corrected chi connectivity index (χ3v) is 4.59. The molecule has 0 N–H and O–H groups in total. The quantitative estimate of drug-likeness (QED) is 0.393. The lowest BCUT2D eigenvalue weighted by Crippen LogP contribution is -2.01. The van der Waals surface area contributed by atoms with Gasteiger partial charge in [-0.25, -0.2) is 4.39 Å². The summed E-state index contributed by atoms with van der Waals surface area (Å²) in [5.41, 5.74) is 2.42. The Bertz CT molecular complexity index is 1320.